The summed E-state index contributed by atoms with van der Waals surface area (Å²) in [5, 5.41) is 2.95. The lowest BCUT2D eigenvalue weighted by molar-refractivity contribution is -0.126. The SMILES string of the molecule is Cc1cc(OCc2cccc(F)c2)ccc1NC(=O)[C@@H]1COCCN1C. The van der Waals surface area contributed by atoms with Gasteiger partial charge in [-0.15, -0.1) is 0 Å². The van der Waals surface area contributed by atoms with Crippen molar-refractivity contribution in [3.8, 4) is 5.75 Å². The van der Waals surface area contributed by atoms with E-state index in [1.807, 2.05) is 37.1 Å². The highest BCUT2D eigenvalue weighted by atomic mass is 19.1. The van der Waals surface area contributed by atoms with Gasteiger partial charge in [-0.05, 0) is 55.4 Å². The van der Waals surface area contributed by atoms with Crippen LogP contribution < -0.4 is 10.1 Å². The van der Waals surface area contributed by atoms with Crippen molar-refractivity contribution in [2.75, 3.05) is 32.1 Å². The number of aryl methyl sites for hydroxylation is 1. The van der Waals surface area contributed by atoms with E-state index in [9.17, 15) is 9.18 Å². The zero-order valence-electron chi connectivity index (χ0n) is 15.0. The number of benzene rings is 2. The quantitative estimate of drug-likeness (QED) is 0.893. The van der Waals surface area contributed by atoms with E-state index in [1.165, 1.54) is 12.1 Å². The van der Waals surface area contributed by atoms with Crippen molar-refractivity contribution in [2.24, 2.45) is 0 Å². The molecular weight excluding hydrogens is 335 g/mol. The molecule has 2 aromatic rings. The molecule has 1 saturated heterocycles. The van der Waals surface area contributed by atoms with Crippen molar-refractivity contribution in [3.05, 3.63) is 59.4 Å². The Morgan fingerprint density at radius 3 is 2.92 bits per heavy atom. The van der Waals surface area contributed by atoms with Crippen LogP contribution in [0.1, 0.15) is 11.1 Å². The Kier molecular flexibility index (Phi) is 5.85. The molecule has 1 aliphatic heterocycles. The Morgan fingerprint density at radius 2 is 2.19 bits per heavy atom. The molecule has 1 fully saturated rings. The van der Waals surface area contributed by atoms with E-state index >= 15 is 0 Å². The third-order valence-corrected chi connectivity index (χ3v) is 4.45. The number of ether oxygens (including phenoxy) is 2. The average molecular weight is 358 g/mol. The summed E-state index contributed by atoms with van der Waals surface area (Å²) in [5.74, 6) is 0.309. The van der Waals surface area contributed by atoms with E-state index in [0.717, 1.165) is 23.4 Å². The predicted molar refractivity (Wildman–Crippen MR) is 97.8 cm³/mol. The largest absolute Gasteiger partial charge is 0.489 e. The number of morpholine rings is 1. The number of likely N-dealkylation sites (N-methyl/N-ethyl adjacent to an activating group) is 1. The minimum atomic E-state index is -0.285. The van der Waals surface area contributed by atoms with Crippen LogP contribution in [0.5, 0.6) is 5.75 Å². The fraction of sp³-hybridized carbons (Fsp3) is 0.350. The topological polar surface area (TPSA) is 50.8 Å². The second kappa shape index (κ2) is 8.29. The van der Waals surface area contributed by atoms with Gasteiger partial charge in [-0.3, -0.25) is 9.69 Å². The van der Waals surface area contributed by atoms with Gasteiger partial charge in [-0.25, -0.2) is 4.39 Å². The maximum Gasteiger partial charge on any atom is 0.244 e. The van der Waals surface area contributed by atoms with Crippen molar-refractivity contribution in [2.45, 2.75) is 19.6 Å². The molecule has 6 heteroatoms. The van der Waals surface area contributed by atoms with Crippen molar-refractivity contribution < 1.29 is 18.7 Å². The number of rotatable bonds is 5. The zero-order chi connectivity index (χ0) is 18.5. The van der Waals surface area contributed by atoms with Crippen LogP contribution in [0.25, 0.3) is 0 Å². The molecular formula is C20H23FN2O3. The summed E-state index contributed by atoms with van der Waals surface area (Å²) in [4.78, 5) is 14.4. The summed E-state index contributed by atoms with van der Waals surface area (Å²) in [7, 11) is 1.92. The second-order valence-electron chi connectivity index (χ2n) is 6.46. The first kappa shape index (κ1) is 18.4. The number of hydrogen-bond acceptors (Lipinski definition) is 4. The van der Waals surface area contributed by atoms with Gasteiger partial charge >= 0.3 is 0 Å². The van der Waals surface area contributed by atoms with Gasteiger partial charge in [0, 0.05) is 12.2 Å². The van der Waals surface area contributed by atoms with Gasteiger partial charge in [-0.1, -0.05) is 12.1 Å². The minimum absolute atomic E-state index is 0.0799. The van der Waals surface area contributed by atoms with Gasteiger partial charge in [-0.2, -0.15) is 0 Å². The van der Waals surface area contributed by atoms with Gasteiger partial charge in [0.15, 0.2) is 0 Å². The van der Waals surface area contributed by atoms with Crippen LogP contribution in [0.2, 0.25) is 0 Å². The van der Waals surface area contributed by atoms with Crippen LogP contribution in [0.3, 0.4) is 0 Å². The third-order valence-electron chi connectivity index (χ3n) is 4.45. The minimum Gasteiger partial charge on any atom is -0.489 e. The molecule has 138 valence electrons. The first-order chi connectivity index (χ1) is 12.5. The molecule has 0 radical (unpaired) electrons. The number of hydrogen-bond donors (Lipinski definition) is 1. The summed E-state index contributed by atoms with van der Waals surface area (Å²) in [6.07, 6.45) is 0. The molecule has 1 atom stereocenters. The Hall–Kier alpha value is -2.44. The molecule has 1 aliphatic rings. The molecule has 26 heavy (non-hydrogen) atoms. The maximum atomic E-state index is 13.2. The van der Waals surface area contributed by atoms with Crippen LogP contribution in [-0.2, 0) is 16.1 Å². The van der Waals surface area contributed by atoms with E-state index in [0.29, 0.717) is 19.0 Å². The van der Waals surface area contributed by atoms with Crippen LogP contribution >= 0.6 is 0 Å². The van der Waals surface area contributed by atoms with Crippen molar-refractivity contribution in [1.82, 2.24) is 4.90 Å². The summed E-state index contributed by atoms with van der Waals surface area (Å²) < 4.78 is 24.3. The number of halogens is 1. The van der Waals surface area contributed by atoms with Gasteiger partial charge < -0.3 is 14.8 Å². The molecule has 0 bridgehead atoms. The van der Waals surface area contributed by atoms with Crippen LogP contribution in [0.15, 0.2) is 42.5 Å². The lowest BCUT2D eigenvalue weighted by Crippen LogP contribution is -2.49. The first-order valence-corrected chi connectivity index (χ1v) is 8.59. The molecule has 0 aliphatic carbocycles. The molecule has 0 aromatic heterocycles. The number of anilines is 1. The summed E-state index contributed by atoms with van der Waals surface area (Å²) in [5.41, 5.74) is 2.40. The van der Waals surface area contributed by atoms with Crippen LogP contribution in [0, 0.1) is 12.7 Å². The monoisotopic (exact) mass is 358 g/mol. The Morgan fingerprint density at radius 1 is 1.35 bits per heavy atom. The lowest BCUT2D eigenvalue weighted by atomic mass is 10.1. The van der Waals surface area contributed by atoms with Crippen molar-refractivity contribution in [3.63, 3.8) is 0 Å². The molecule has 5 nitrogen and oxygen atoms in total. The van der Waals surface area contributed by atoms with E-state index in [4.69, 9.17) is 9.47 Å². The second-order valence-corrected chi connectivity index (χ2v) is 6.46. The molecule has 1 heterocycles. The van der Waals surface area contributed by atoms with Crippen LogP contribution in [-0.4, -0.2) is 43.7 Å². The van der Waals surface area contributed by atoms with E-state index in [2.05, 4.69) is 5.32 Å². The smallest absolute Gasteiger partial charge is 0.244 e. The molecule has 1 amide bonds. The number of nitrogens with zero attached hydrogens (tertiary/aromatic N) is 1. The predicted octanol–water partition coefficient (Wildman–Crippen LogP) is 2.98. The molecule has 2 aromatic carbocycles. The molecule has 0 unspecified atom stereocenters. The van der Waals surface area contributed by atoms with Gasteiger partial charge in [0.2, 0.25) is 5.91 Å². The first-order valence-electron chi connectivity index (χ1n) is 8.59. The lowest BCUT2D eigenvalue weighted by Gasteiger charge is -2.31. The molecule has 3 rings (SSSR count). The van der Waals surface area contributed by atoms with Crippen molar-refractivity contribution >= 4 is 11.6 Å². The van der Waals surface area contributed by atoms with E-state index in [-0.39, 0.29) is 24.4 Å². The number of carbonyl (C=O) groups excluding carboxylic acids is 1. The summed E-state index contributed by atoms with van der Waals surface area (Å²) in [6, 6.07) is 11.5. The number of nitrogens with one attached hydrogen (secondary N) is 1. The highest BCUT2D eigenvalue weighted by Gasteiger charge is 2.26. The molecule has 1 N–H and O–H groups in total. The zero-order valence-corrected chi connectivity index (χ0v) is 15.0. The standard InChI is InChI=1S/C20H23FN2O3/c1-14-10-17(26-12-15-4-3-5-16(21)11-15)6-7-18(14)22-20(24)19-13-25-9-8-23(19)2/h3-7,10-11,19H,8-9,12-13H2,1-2H3,(H,22,24)/t19-/m0/s1. The molecule has 0 spiro atoms. The Balaban J connectivity index is 1.61. The number of amides is 1. The average Bonchev–Trinajstić information content (AvgIpc) is 2.62. The normalized spacial score (nSPS) is 17.7. The highest BCUT2D eigenvalue weighted by Crippen LogP contribution is 2.23. The number of carbonyl (C=O) groups is 1. The van der Waals surface area contributed by atoms with Gasteiger partial charge in [0.25, 0.3) is 0 Å². The summed E-state index contributed by atoms with van der Waals surface area (Å²) in [6.45, 7) is 3.98. The summed E-state index contributed by atoms with van der Waals surface area (Å²) >= 11 is 0. The van der Waals surface area contributed by atoms with Gasteiger partial charge in [0.1, 0.15) is 24.2 Å². The highest BCUT2D eigenvalue weighted by molar-refractivity contribution is 5.95. The van der Waals surface area contributed by atoms with E-state index < -0.39 is 0 Å². The van der Waals surface area contributed by atoms with Crippen LogP contribution in [0.4, 0.5) is 10.1 Å². The Labute approximate surface area is 152 Å². The third kappa shape index (κ3) is 4.59. The molecule has 0 saturated carbocycles. The van der Waals surface area contributed by atoms with Gasteiger partial charge in [0.05, 0.1) is 13.2 Å². The van der Waals surface area contributed by atoms with Crippen molar-refractivity contribution in [1.29, 1.82) is 0 Å². The maximum absolute atomic E-state index is 13.2. The Bertz CT molecular complexity index is 781. The van der Waals surface area contributed by atoms with E-state index in [1.54, 1.807) is 12.1 Å². The fourth-order valence-corrected chi connectivity index (χ4v) is 2.84. The fourth-order valence-electron chi connectivity index (χ4n) is 2.84.